The van der Waals surface area contributed by atoms with Crippen LogP contribution in [0, 0.1) is 11.8 Å². The van der Waals surface area contributed by atoms with E-state index >= 15 is 0 Å². The van der Waals surface area contributed by atoms with E-state index < -0.39 is 63.3 Å². The number of hydrogen-bond donors (Lipinski definition) is 0. The normalized spacial score (nSPS) is 18.6. The van der Waals surface area contributed by atoms with Crippen molar-refractivity contribution < 1.29 is 47.3 Å². The SMILES string of the molecule is CCN(C[C@H]1CC[C@H](C)CC1)c1ccc(C(F)(F)F)cc1CN(c1ncc(OCC[S@@+](C)[O-])cn1)[C@H](C)c1cc(C(F)(F)F)cc(S(F)(F)F)c1. The van der Waals surface area contributed by atoms with Crippen molar-refractivity contribution in [3.8, 4) is 5.75 Å². The number of benzene rings is 2. The monoisotopic (exact) mass is 772 g/mol. The van der Waals surface area contributed by atoms with E-state index in [1.807, 2.05) is 11.8 Å². The Morgan fingerprint density at radius 1 is 0.941 bits per heavy atom. The van der Waals surface area contributed by atoms with Gasteiger partial charge in [-0.3, -0.25) is 0 Å². The van der Waals surface area contributed by atoms with Gasteiger partial charge in [-0.1, -0.05) is 30.9 Å². The van der Waals surface area contributed by atoms with Crippen molar-refractivity contribution >= 4 is 34.0 Å². The molecule has 0 unspecified atom stereocenters. The molecule has 2 atom stereocenters. The maximum atomic E-state index is 14.1. The van der Waals surface area contributed by atoms with Crippen molar-refractivity contribution in [3.05, 3.63) is 71.0 Å². The lowest BCUT2D eigenvalue weighted by Gasteiger charge is -2.35. The summed E-state index contributed by atoms with van der Waals surface area (Å²) < 4.78 is 143. The minimum Gasteiger partial charge on any atom is -0.616 e. The highest BCUT2D eigenvalue weighted by molar-refractivity contribution is 8.20. The fourth-order valence-electron chi connectivity index (χ4n) is 6.13. The third kappa shape index (κ3) is 11.2. The molecule has 1 fully saturated rings. The molecule has 284 valence electrons. The molecule has 0 radical (unpaired) electrons. The molecule has 17 heteroatoms. The first kappa shape index (κ1) is 40.7. The van der Waals surface area contributed by atoms with Gasteiger partial charge in [0.1, 0.15) is 12.4 Å². The molecule has 1 saturated carbocycles. The second-order valence-electron chi connectivity index (χ2n) is 12.8. The van der Waals surface area contributed by atoms with Crippen LogP contribution in [0.25, 0.3) is 0 Å². The van der Waals surface area contributed by atoms with Gasteiger partial charge in [-0.2, -0.15) is 26.3 Å². The van der Waals surface area contributed by atoms with E-state index in [0.29, 0.717) is 42.7 Å². The molecule has 1 heterocycles. The molecular formula is C34H41F9N4O2S2. The van der Waals surface area contributed by atoms with Gasteiger partial charge in [0.05, 0.1) is 40.7 Å². The lowest BCUT2D eigenvalue weighted by molar-refractivity contribution is -0.138. The highest BCUT2D eigenvalue weighted by Gasteiger charge is 2.37. The van der Waals surface area contributed by atoms with Crippen LogP contribution >= 0.6 is 11.2 Å². The Bertz CT molecular complexity index is 1550. The first-order valence-corrected chi connectivity index (χ1v) is 19.4. The Morgan fingerprint density at radius 2 is 1.57 bits per heavy atom. The molecule has 4 rings (SSSR count). The number of anilines is 2. The first-order chi connectivity index (χ1) is 23.8. The van der Waals surface area contributed by atoms with Crippen molar-refractivity contribution in [1.29, 1.82) is 0 Å². The van der Waals surface area contributed by atoms with Gasteiger partial charge in [-0.25, -0.2) is 9.97 Å². The van der Waals surface area contributed by atoms with Gasteiger partial charge in [-0.15, -0.1) is 11.7 Å². The maximum Gasteiger partial charge on any atom is 0.416 e. The number of hydrogen-bond acceptors (Lipinski definition) is 6. The van der Waals surface area contributed by atoms with Crippen molar-refractivity contribution in [1.82, 2.24) is 9.97 Å². The summed E-state index contributed by atoms with van der Waals surface area (Å²) in [6.45, 7) is 6.06. The molecule has 6 nitrogen and oxygen atoms in total. The average molecular weight is 773 g/mol. The summed E-state index contributed by atoms with van der Waals surface area (Å²) in [6, 6.07) is 3.29. The van der Waals surface area contributed by atoms with Crippen LogP contribution in [0.15, 0.2) is 53.7 Å². The Morgan fingerprint density at radius 3 is 2.12 bits per heavy atom. The quantitative estimate of drug-likeness (QED) is 0.120. The van der Waals surface area contributed by atoms with E-state index in [0.717, 1.165) is 37.8 Å². The Labute approximate surface area is 297 Å². The van der Waals surface area contributed by atoms with Gasteiger partial charge in [0, 0.05) is 25.3 Å². The van der Waals surface area contributed by atoms with E-state index in [9.17, 15) is 42.6 Å². The highest BCUT2D eigenvalue weighted by Crippen LogP contribution is 2.61. The van der Waals surface area contributed by atoms with Crippen LogP contribution in [0.1, 0.15) is 74.8 Å². The third-order valence-corrected chi connectivity index (χ3v) is 10.6. The van der Waals surface area contributed by atoms with Crippen LogP contribution in [0.5, 0.6) is 5.75 Å². The average Bonchev–Trinajstić information content (AvgIpc) is 3.05. The molecule has 1 aromatic heterocycles. The summed E-state index contributed by atoms with van der Waals surface area (Å²) in [4.78, 5) is 10.3. The number of alkyl halides is 6. The Hall–Kier alpha value is -3.05. The standard InChI is InChI=1S/C34H41F9N4O2S2/c1-5-46(20-24-8-6-22(2)7-9-24)31-11-10-27(33(35,36)37)15-26(31)21-47(32-44-18-29(19-45-32)49-12-13-50(4)48)23(3)25-14-28(34(38,39)40)17-30(16-25)51(41,42)43/h10-11,14-19,22-24H,5-9,12-13,20-21H2,1-4H3/t22-,23-,24-,50-/m1/s1. The lowest BCUT2D eigenvalue weighted by Crippen LogP contribution is -2.34. The third-order valence-electron chi connectivity index (χ3n) is 9.07. The van der Waals surface area contributed by atoms with Crippen LogP contribution in [-0.4, -0.2) is 46.2 Å². The largest absolute Gasteiger partial charge is 0.616 e. The summed E-state index contributed by atoms with van der Waals surface area (Å²) in [6.07, 6.45) is -1.94. The minimum absolute atomic E-state index is 0.0535. The number of ether oxygens (including phenoxy) is 1. The summed E-state index contributed by atoms with van der Waals surface area (Å²) in [7, 11) is 0. The van der Waals surface area contributed by atoms with Crippen LogP contribution in [0.4, 0.5) is 49.6 Å². The van der Waals surface area contributed by atoms with Crippen LogP contribution < -0.4 is 14.5 Å². The maximum absolute atomic E-state index is 14.1. The fraction of sp³-hybridized carbons (Fsp3) is 0.529. The smallest absolute Gasteiger partial charge is 0.416 e. The summed E-state index contributed by atoms with van der Waals surface area (Å²) in [5.74, 6) is 1.06. The molecule has 0 spiro atoms. The van der Waals surface area contributed by atoms with E-state index in [4.69, 9.17) is 4.74 Å². The predicted molar refractivity (Wildman–Crippen MR) is 182 cm³/mol. The molecule has 1 aliphatic carbocycles. The summed E-state index contributed by atoms with van der Waals surface area (Å²) >= 11 is -7.25. The van der Waals surface area contributed by atoms with Crippen molar-refractivity contribution in [2.75, 3.05) is 41.5 Å². The Balaban J connectivity index is 1.83. The molecule has 0 aliphatic heterocycles. The highest BCUT2D eigenvalue weighted by atomic mass is 32.3. The van der Waals surface area contributed by atoms with Crippen LogP contribution in [0.2, 0.25) is 0 Å². The van der Waals surface area contributed by atoms with Gasteiger partial charge in [0.15, 0.2) is 5.75 Å². The first-order valence-electron chi connectivity index (χ1n) is 16.4. The summed E-state index contributed by atoms with van der Waals surface area (Å²) in [5.41, 5.74) is -2.25. The fourth-order valence-corrected chi connectivity index (χ4v) is 6.98. The zero-order valence-corrected chi connectivity index (χ0v) is 30.2. The second kappa shape index (κ2) is 16.7. The molecule has 51 heavy (non-hydrogen) atoms. The summed E-state index contributed by atoms with van der Waals surface area (Å²) in [5, 5.41) is 0. The zero-order valence-electron chi connectivity index (χ0n) is 28.5. The number of halogens is 9. The molecule has 0 amide bonds. The molecule has 0 saturated heterocycles. The number of aromatic nitrogens is 2. The van der Waals surface area contributed by atoms with E-state index in [2.05, 4.69) is 16.9 Å². The Kier molecular flexibility index (Phi) is 13.4. The van der Waals surface area contributed by atoms with Gasteiger partial charge < -0.3 is 19.1 Å². The molecule has 2 aromatic carbocycles. The van der Waals surface area contributed by atoms with Crippen LogP contribution in [0.3, 0.4) is 0 Å². The van der Waals surface area contributed by atoms with E-state index in [1.165, 1.54) is 36.5 Å². The topological polar surface area (TPSA) is 64.5 Å². The predicted octanol–water partition coefficient (Wildman–Crippen LogP) is 10.5. The minimum atomic E-state index is -6.09. The van der Waals surface area contributed by atoms with Crippen molar-refractivity contribution in [2.24, 2.45) is 11.8 Å². The molecule has 0 N–H and O–H groups in total. The van der Waals surface area contributed by atoms with E-state index in [-0.39, 0.29) is 41.3 Å². The van der Waals surface area contributed by atoms with Crippen LogP contribution in [-0.2, 0) is 30.1 Å². The molecule has 0 bridgehead atoms. The van der Waals surface area contributed by atoms with Crippen molar-refractivity contribution in [3.63, 3.8) is 0 Å². The lowest BCUT2D eigenvalue weighted by atomic mass is 9.82. The second-order valence-corrected chi connectivity index (χ2v) is 15.7. The van der Waals surface area contributed by atoms with Gasteiger partial charge in [0.2, 0.25) is 17.1 Å². The van der Waals surface area contributed by atoms with E-state index in [1.54, 1.807) is 0 Å². The molecule has 1 aliphatic rings. The van der Waals surface area contributed by atoms with Gasteiger partial charge in [-0.05, 0) is 86.1 Å². The number of rotatable bonds is 14. The van der Waals surface area contributed by atoms with Crippen molar-refractivity contribution in [2.45, 2.75) is 76.3 Å². The van der Waals surface area contributed by atoms with Gasteiger partial charge in [0.25, 0.3) is 0 Å². The number of nitrogens with zero attached hydrogens (tertiary/aromatic N) is 4. The molecular weight excluding hydrogens is 732 g/mol. The van der Waals surface area contributed by atoms with Gasteiger partial charge >= 0.3 is 12.4 Å². The molecule has 3 aromatic rings. The zero-order chi connectivity index (χ0) is 37.7.